The van der Waals surface area contributed by atoms with E-state index >= 15 is 0 Å². The van der Waals surface area contributed by atoms with Gasteiger partial charge in [0.2, 0.25) is 0 Å². The fourth-order valence-corrected chi connectivity index (χ4v) is 1.14. The highest BCUT2D eigenvalue weighted by molar-refractivity contribution is 9.10. The molecule has 0 atom stereocenters. The van der Waals surface area contributed by atoms with Crippen molar-refractivity contribution in [3.05, 3.63) is 28.5 Å². The standard InChI is InChI=1S/C9H8BrN3O/c1-13(5-4-11)9(14)7-2-3-8(10)12-6-7/h2-3,6H,5H2,1H3. The summed E-state index contributed by atoms with van der Waals surface area (Å²) < 4.78 is 0.678. The third-order valence-corrected chi connectivity index (χ3v) is 2.10. The normalized spacial score (nSPS) is 9.21. The number of aromatic nitrogens is 1. The molecule has 0 aliphatic carbocycles. The minimum absolute atomic E-state index is 0.0783. The van der Waals surface area contributed by atoms with Crippen LogP contribution in [0.1, 0.15) is 10.4 Å². The number of pyridine rings is 1. The van der Waals surface area contributed by atoms with Crippen molar-refractivity contribution in [1.29, 1.82) is 5.26 Å². The van der Waals surface area contributed by atoms with E-state index in [0.29, 0.717) is 10.2 Å². The van der Waals surface area contributed by atoms with Crippen LogP contribution < -0.4 is 0 Å². The van der Waals surface area contributed by atoms with E-state index < -0.39 is 0 Å². The lowest BCUT2D eigenvalue weighted by Crippen LogP contribution is -2.26. The Morgan fingerprint density at radius 1 is 1.71 bits per heavy atom. The van der Waals surface area contributed by atoms with Crippen LogP contribution in [0.4, 0.5) is 0 Å². The van der Waals surface area contributed by atoms with Crippen LogP contribution in [0.25, 0.3) is 0 Å². The summed E-state index contributed by atoms with van der Waals surface area (Å²) in [6, 6.07) is 5.25. The van der Waals surface area contributed by atoms with Gasteiger partial charge in [0, 0.05) is 13.2 Å². The molecule has 0 saturated heterocycles. The van der Waals surface area contributed by atoms with E-state index in [1.807, 2.05) is 6.07 Å². The highest BCUT2D eigenvalue weighted by Crippen LogP contribution is 2.07. The van der Waals surface area contributed by atoms with Crippen molar-refractivity contribution >= 4 is 21.8 Å². The molecule has 0 aliphatic rings. The second-order valence-corrected chi connectivity index (χ2v) is 3.50. The van der Waals surface area contributed by atoms with Crippen molar-refractivity contribution in [1.82, 2.24) is 9.88 Å². The first-order valence-electron chi connectivity index (χ1n) is 3.89. The van der Waals surface area contributed by atoms with Crippen LogP contribution in [-0.4, -0.2) is 29.4 Å². The predicted octanol–water partition coefficient (Wildman–Crippen LogP) is 1.44. The number of nitriles is 1. The largest absolute Gasteiger partial charge is 0.328 e. The maximum atomic E-state index is 11.6. The molecule has 1 heterocycles. The molecule has 0 unspecified atom stereocenters. The van der Waals surface area contributed by atoms with Gasteiger partial charge in [0.05, 0.1) is 11.6 Å². The van der Waals surface area contributed by atoms with Crippen LogP contribution in [0.5, 0.6) is 0 Å². The summed E-state index contributed by atoms with van der Waals surface area (Å²) in [5.74, 6) is -0.202. The topological polar surface area (TPSA) is 57.0 Å². The molecule has 72 valence electrons. The van der Waals surface area contributed by atoms with Crippen molar-refractivity contribution in [2.45, 2.75) is 0 Å². The van der Waals surface area contributed by atoms with E-state index in [-0.39, 0.29) is 12.5 Å². The first kappa shape index (κ1) is 10.7. The van der Waals surface area contributed by atoms with Gasteiger partial charge < -0.3 is 4.90 Å². The Kier molecular flexibility index (Phi) is 3.60. The summed E-state index contributed by atoms with van der Waals surface area (Å²) in [5.41, 5.74) is 0.478. The first-order valence-corrected chi connectivity index (χ1v) is 4.68. The van der Waals surface area contributed by atoms with Crippen LogP contribution in [0, 0.1) is 11.3 Å². The summed E-state index contributed by atoms with van der Waals surface area (Å²) in [4.78, 5) is 16.8. The molecular formula is C9H8BrN3O. The minimum Gasteiger partial charge on any atom is -0.328 e. The molecule has 5 heteroatoms. The van der Waals surface area contributed by atoms with Crippen molar-refractivity contribution in [3.8, 4) is 6.07 Å². The Hall–Kier alpha value is -1.41. The molecule has 0 saturated carbocycles. The van der Waals surface area contributed by atoms with E-state index in [2.05, 4.69) is 20.9 Å². The quantitative estimate of drug-likeness (QED) is 0.592. The average molecular weight is 254 g/mol. The molecule has 0 radical (unpaired) electrons. The Morgan fingerprint density at radius 2 is 2.43 bits per heavy atom. The minimum atomic E-state index is -0.202. The molecule has 0 aliphatic heterocycles. The van der Waals surface area contributed by atoms with Gasteiger partial charge in [-0.15, -0.1) is 0 Å². The number of carbonyl (C=O) groups is 1. The van der Waals surface area contributed by atoms with E-state index in [9.17, 15) is 4.79 Å². The second-order valence-electron chi connectivity index (χ2n) is 2.69. The van der Waals surface area contributed by atoms with E-state index in [0.717, 1.165) is 0 Å². The maximum Gasteiger partial charge on any atom is 0.256 e. The fraction of sp³-hybridized carbons (Fsp3) is 0.222. The number of carbonyl (C=O) groups excluding carboxylic acids is 1. The number of hydrogen-bond acceptors (Lipinski definition) is 3. The van der Waals surface area contributed by atoms with Gasteiger partial charge in [0.25, 0.3) is 5.91 Å². The Bertz CT molecular complexity index is 369. The van der Waals surface area contributed by atoms with Crippen molar-refractivity contribution in [3.63, 3.8) is 0 Å². The van der Waals surface area contributed by atoms with Gasteiger partial charge in [-0.2, -0.15) is 5.26 Å². The predicted molar refractivity (Wildman–Crippen MR) is 54.5 cm³/mol. The average Bonchev–Trinajstić information content (AvgIpc) is 2.18. The fourth-order valence-electron chi connectivity index (χ4n) is 0.901. The van der Waals surface area contributed by atoms with Crippen LogP contribution in [-0.2, 0) is 0 Å². The highest BCUT2D eigenvalue weighted by Gasteiger charge is 2.10. The van der Waals surface area contributed by atoms with Gasteiger partial charge in [-0.3, -0.25) is 4.79 Å². The van der Waals surface area contributed by atoms with Crippen molar-refractivity contribution < 1.29 is 4.79 Å². The van der Waals surface area contributed by atoms with Crippen LogP contribution in [0.3, 0.4) is 0 Å². The molecule has 0 bridgehead atoms. The van der Waals surface area contributed by atoms with Crippen molar-refractivity contribution in [2.24, 2.45) is 0 Å². The SMILES string of the molecule is CN(CC#N)C(=O)c1ccc(Br)nc1. The highest BCUT2D eigenvalue weighted by atomic mass is 79.9. The van der Waals surface area contributed by atoms with E-state index in [4.69, 9.17) is 5.26 Å². The van der Waals surface area contributed by atoms with Crippen LogP contribution in [0.2, 0.25) is 0 Å². The molecule has 1 aromatic rings. The zero-order valence-corrected chi connectivity index (χ0v) is 9.15. The zero-order valence-electron chi connectivity index (χ0n) is 7.57. The van der Waals surface area contributed by atoms with Gasteiger partial charge in [-0.1, -0.05) is 0 Å². The molecule has 1 amide bonds. The summed E-state index contributed by atoms with van der Waals surface area (Å²) in [5, 5.41) is 8.41. The Labute approximate surface area is 90.3 Å². The second kappa shape index (κ2) is 4.72. The Morgan fingerprint density at radius 3 is 2.93 bits per heavy atom. The number of amides is 1. The lowest BCUT2D eigenvalue weighted by atomic mass is 10.2. The molecular weight excluding hydrogens is 246 g/mol. The van der Waals surface area contributed by atoms with Crippen LogP contribution in [0.15, 0.2) is 22.9 Å². The molecule has 4 nitrogen and oxygen atoms in total. The third kappa shape index (κ3) is 2.54. The zero-order chi connectivity index (χ0) is 10.6. The molecule has 14 heavy (non-hydrogen) atoms. The lowest BCUT2D eigenvalue weighted by Gasteiger charge is -2.12. The molecule has 1 rings (SSSR count). The van der Waals surface area contributed by atoms with Gasteiger partial charge in [-0.25, -0.2) is 4.98 Å². The molecule has 0 spiro atoms. The molecule has 0 fully saturated rings. The maximum absolute atomic E-state index is 11.6. The summed E-state index contributed by atoms with van der Waals surface area (Å²) in [6.07, 6.45) is 1.47. The third-order valence-electron chi connectivity index (χ3n) is 1.63. The number of nitrogens with zero attached hydrogens (tertiary/aromatic N) is 3. The Balaban J connectivity index is 2.80. The summed E-state index contributed by atoms with van der Waals surface area (Å²) >= 11 is 3.17. The summed E-state index contributed by atoms with van der Waals surface area (Å²) in [7, 11) is 1.58. The van der Waals surface area contributed by atoms with E-state index in [1.165, 1.54) is 11.1 Å². The monoisotopic (exact) mass is 253 g/mol. The van der Waals surface area contributed by atoms with E-state index in [1.54, 1.807) is 19.2 Å². The van der Waals surface area contributed by atoms with Gasteiger partial charge in [-0.05, 0) is 28.1 Å². The lowest BCUT2D eigenvalue weighted by molar-refractivity contribution is 0.0811. The molecule has 0 N–H and O–H groups in total. The van der Waals surface area contributed by atoms with Gasteiger partial charge in [0.15, 0.2) is 0 Å². The summed E-state index contributed by atoms with van der Waals surface area (Å²) in [6.45, 7) is 0.0783. The van der Waals surface area contributed by atoms with Gasteiger partial charge >= 0.3 is 0 Å². The van der Waals surface area contributed by atoms with Gasteiger partial charge in [0.1, 0.15) is 11.1 Å². The number of rotatable bonds is 2. The number of hydrogen-bond donors (Lipinski definition) is 0. The smallest absolute Gasteiger partial charge is 0.256 e. The van der Waals surface area contributed by atoms with Crippen LogP contribution >= 0.6 is 15.9 Å². The van der Waals surface area contributed by atoms with Crippen molar-refractivity contribution in [2.75, 3.05) is 13.6 Å². The number of halogens is 1. The molecule has 1 aromatic heterocycles. The first-order chi connectivity index (χ1) is 6.65. The molecule has 0 aromatic carbocycles.